The smallest absolute Gasteiger partial charge is 0.348 e. The summed E-state index contributed by atoms with van der Waals surface area (Å²) in [6.07, 6.45) is 3.22. The summed E-state index contributed by atoms with van der Waals surface area (Å²) in [5.41, 5.74) is 2.28. The number of benzene rings is 1. The van der Waals surface area contributed by atoms with Crippen molar-refractivity contribution in [2.45, 2.75) is 39.2 Å². The maximum absolute atomic E-state index is 12.2. The number of rotatable bonds is 5. The summed E-state index contributed by atoms with van der Waals surface area (Å²) in [7, 11) is 0. The Balaban J connectivity index is 1.51. The lowest BCUT2D eigenvalue weighted by Gasteiger charge is -2.16. The highest BCUT2D eigenvalue weighted by Crippen LogP contribution is 2.32. The molecular formula is C20H23NO3S. The van der Waals surface area contributed by atoms with Crippen LogP contribution < -0.4 is 5.32 Å². The molecule has 1 amide bonds. The standard InChI is InChI=1S/C20H23NO3S/c1-13-8-9-17-16(10-13)11-18(25-17)20(23)24-12-19(22)21-14(2)15-6-4-3-5-7-15/h3-7,11,13-14H,8-10,12H2,1-2H3,(H,21,22)/t13-,14-/m0/s1. The normalized spacial score (nSPS) is 17.4. The number of aryl methyl sites for hydroxylation is 1. The molecule has 132 valence electrons. The zero-order valence-electron chi connectivity index (χ0n) is 14.6. The van der Waals surface area contributed by atoms with Crippen molar-refractivity contribution in [1.29, 1.82) is 0 Å². The van der Waals surface area contributed by atoms with Gasteiger partial charge in [-0.2, -0.15) is 0 Å². The second-order valence-electron chi connectivity index (χ2n) is 6.68. The van der Waals surface area contributed by atoms with E-state index in [1.54, 1.807) is 0 Å². The van der Waals surface area contributed by atoms with Crippen molar-refractivity contribution < 1.29 is 14.3 Å². The number of esters is 1. The predicted octanol–water partition coefficient (Wildman–Crippen LogP) is 3.91. The molecule has 5 heteroatoms. The molecule has 3 rings (SSSR count). The van der Waals surface area contributed by atoms with Crippen molar-refractivity contribution in [3.05, 3.63) is 57.3 Å². The number of nitrogens with one attached hydrogen (secondary N) is 1. The van der Waals surface area contributed by atoms with Crippen LogP contribution in [-0.4, -0.2) is 18.5 Å². The molecule has 0 unspecified atom stereocenters. The van der Waals surface area contributed by atoms with Crippen LogP contribution in [0.5, 0.6) is 0 Å². The van der Waals surface area contributed by atoms with E-state index in [1.165, 1.54) is 28.2 Å². The zero-order valence-corrected chi connectivity index (χ0v) is 15.4. The van der Waals surface area contributed by atoms with Crippen molar-refractivity contribution in [2.75, 3.05) is 6.61 Å². The van der Waals surface area contributed by atoms with Crippen molar-refractivity contribution >= 4 is 23.2 Å². The van der Waals surface area contributed by atoms with Crippen LogP contribution in [0.1, 0.15) is 52.0 Å². The molecule has 0 radical (unpaired) electrons. The first-order valence-corrected chi connectivity index (χ1v) is 9.47. The Morgan fingerprint density at radius 2 is 2.08 bits per heavy atom. The Bertz CT molecular complexity index is 754. The Hall–Kier alpha value is -2.14. The first-order chi connectivity index (χ1) is 12.0. The monoisotopic (exact) mass is 357 g/mol. The third-order valence-electron chi connectivity index (χ3n) is 4.54. The van der Waals surface area contributed by atoms with E-state index in [1.807, 2.05) is 43.3 Å². The van der Waals surface area contributed by atoms with Gasteiger partial charge in [-0.1, -0.05) is 37.3 Å². The summed E-state index contributed by atoms with van der Waals surface area (Å²) >= 11 is 1.50. The van der Waals surface area contributed by atoms with Gasteiger partial charge in [-0.3, -0.25) is 4.79 Å². The zero-order chi connectivity index (χ0) is 17.8. The van der Waals surface area contributed by atoms with Crippen molar-refractivity contribution in [3.63, 3.8) is 0 Å². The van der Waals surface area contributed by atoms with Crippen LogP contribution in [-0.2, 0) is 22.4 Å². The summed E-state index contributed by atoms with van der Waals surface area (Å²) < 4.78 is 5.19. The molecule has 0 saturated heterocycles. The predicted molar refractivity (Wildman–Crippen MR) is 98.8 cm³/mol. The number of carbonyl (C=O) groups is 2. The highest BCUT2D eigenvalue weighted by atomic mass is 32.1. The lowest BCUT2D eigenvalue weighted by molar-refractivity contribution is -0.124. The van der Waals surface area contributed by atoms with Gasteiger partial charge >= 0.3 is 5.97 Å². The molecular weight excluding hydrogens is 334 g/mol. The molecule has 1 heterocycles. The minimum atomic E-state index is -0.408. The molecule has 0 aliphatic heterocycles. The Morgan fingerprint density at radius 3 is 2.84 bits per heavy atom. The molecule has 2 aromatic rings. The van der Waals surface area contributed by atoms with E-state index in [0.717, 1.165) is 18.4 Å². The molecule has 1 N–H and O–H groups in total. The molecule has 0 saturated carbocycles. The van der Waals surface area contributed by atoms with E-state index in [4.69, 9.17) is 4.74 Å². The molecule has 2 atom stereocenters. The number of amides is 1. The topological polar surface area (TPSA) is 55.4 Å². The van der Waals surface area contributed by atoms with Crippen molar-refractivity contribution in [3.8, 4) is 0 Å². The summed E-state index contributed by atoms with van der Waals surface area (Å²) in [5, 5.41) is 2.84. The third kappa shape index (κ3) is 4.48. The number of fused-ring (bicyclic) bond motifs is 1. The minimum absolute atomic E-state index is 0.122. The fourth-order valence-electron chi connectivity index (χ4n) is 3.12. The Morgan fingerprint density at radius 1 is 1.32 bits per heavy atom. The van der Waals surface area contributed by atoms with E-state index in [9.17, 15) is 9.59 Å². The molecule has 1 aromatic carbocycles. The number of ether oxygens (including phenoxy) is 1. The number of hydrogen-bond acceptors (Lipinski definition) is 4. The molecule has 0 fully saturated rings. The van der Waals surface area contributed by atoms with Crippen LogP contribution in [0.3, 0.4) is 0 Å². The fourth-order valence-corrected chi connectivity index (χ4v) is 4.22. The van der Waals surface area contributed by atoms with Crippen molar-refractivity contribution in [2.24, 2.45) is 5.92 Å². The Labute approximate surface area is 152 Å². The van der Waals surface area contributed by atoms with Crippen LogP contribution in [0.4, 0.5) is 0 Å². The van der Waals surface area contributed by atoms with E-state index < -0.39 is 5.97 Å². The summed E-state index contributed by atoms with van der Waals surface area (Å²) in [6.45, 7) is 3.88. The lowest BCUT2D eigenvalue weighted by Crippen LogP contribution is -2.31. The Kier molecular flexibility index (Phi) is 5.53. The van der Waals surface area contributed by atoms with Gasteiger partial charge in [0.15, 0.2) is 6.61 Å². The lowest BCUT2D eigenvalue weighted by atomic mass is 9.90. The number of carbonyl (C=O) groups excluding carboxylic acids is 2. The number of thiophene rings is 1. The summed E-state index contributed by atoms with van der Waals surface area (Å²) in [5.74, 6) is -0.0366. The molecule has 0 spiro atoms. The molecule has 1 aliphatic carbocycles. The van der Waals surface area contributed by atoms with Gasteiger partial charge in [0.05, 0.1) is 6.04 Å². The van der Waals surface area contributed by atoms with Gasteiger partial charge < -0.3 is 10.1 Å². The van der Waals surface area contributed by atoms with Crippen molar-refractivity contribution in [1.82, 2.24) is 5.32 Å². The molecule has 1 aliphatic rings. The third-order valence-corrected chi connectivity index (χ3v) is 5.76. The average molecular weight is 357 g/mol. The summed E-state index contributed by atoms with van der Waals surface area (Å²) in [6, 6.07) is 11.5. The maximum Gasteiger partial charge on any atom is 0.348 e. The van der Waals surface area contributed by atoms with Crippen LogP contribution in [0.25, 0.3) is 0 Å². The quantitative estimate of drug-likeness (QED) is 0.826. The highest BCUT2D eigenvalue weighted by molar-refractivity contribution is 7.14. The molecule has 4 nitrogen and oxygen atoms in total. The van der Waals surface area contributed by atoms with Crippen LogP contribution >= 0.6 is 11.3 Å². The first-order valence-electron chi connectivity index (χ1n) is 8.66. The van der Waals surface area contributed by atoms with E-state index in [0.29, 0.717) is 10.8 Å². The van der Waals surface area contributed by atoms with E-state index in [-0.39, 0.29) is 18.6 Å². The second kappa shape index (κ2) is 7.83. The first kappa shape index (κ1) is 17.7. The van der Waals surface area contributed by atoms with Gasteiger partial charge in [0.2, 0.25) is 0 Å². The van der Waals surface area contributed by atoms with Gasteiger partial charge in [0, 0.05) is 4.88 Å². The minimum Gasteiger partial charge on any atom is -0.451 e. The largest absolute Gasteiger partial charge is 0.451 e. The van der Waals surface area contributed by atoms with Gasteiger partial charge in [-0.25, -0.2) is 4.79 Å². The fraction of sp³-hybridized carbons (Fsp3) is 0.400. The van der Waals surface area contributed by atoms with E-state index in [2.05, 4.69) is 12.2 Å². The van der Waals surface area contributed by atoms with Gasteiger partial charge in [0.25, 0.3) is 5.91 Å². The highest BCUT2D eigenvalue weighted by Gasteiger charge is 2.22. The second-order valence-corrected chi connectivity index (χ2v) is 7.82. The molecule has 0 bridgehead atoms. The van der Waals surface area contributed by atoms with E-state index >= 15 is 0 Å². The van der Waals surface area contributed by atoms with Crippen LogP contribution in [0.15, 0.2) is 36.4 Å². The van der Waals surface area contributed by atoms with Gasteiger partial charge in [-0.05, 0) is 49.3 Å². The molecule has 1 aromatic heterocycles. The van der Waals surface area contributed by atoms with Crippen LogP contribution in [0, 0.1) is 5.92 Å². The molecule has 25 heavy (non-hydrogen) atoms. The SMILES string of the molecule is C[C@H]1CCc2sc(C(=O)OCC(=O)N[C@@H](C)c3ccccc3)cc2C1. The van der Waals surface area contributed by atoms with Gasteiger partial charge in [-0.15, -0.1) is 11.3 Å². The number of hydrogen-bond donors (Lipinski definition) is 1. The van der Waals surface area contributed by atoms with Crippen LogP contribution in [0.2, 0.25) is 0 Å². The maximum atomic E-state index is 12.2. The summed E-state index contributed by atoms with van der Waals surface area (Å²) in [4.78, 5) is 26.1. The van der Waals surface area contributed by atoms with Gasteiger partial charge in [0.1, 0.15) is 4.88 Å². The average Bonchev–Trinajstić information content (AvgIpc) is 3.03.